The van der Waals surface area contributed by atoms with Crippen LogP contribution in [0.4, 0.5) is 5.82 Å². The molecule has 1 aromatic heterocycles. The second kappa shape index (κ2) is 8.30. The number of nitrogens with zero attached hydrogens (tertiary/aromatic N) is 4. The highest BCUT2D eigenvalue weighted by Gasteiger charge is 2.24. The highest BCUT2D eigenvalue weighted by molar-refractivity contribution is 5.36. The largest absolute Gasteiger partial charge is 0.352 e. The minimum atomic E-state index is 0.0286. The zero-order chi connectivity index (χ0) is 17.6. The van der Waals surface area contributed by atoms with Crippen LogP contribution >= 0.6 is 0 Å². The average Bonchev–Trinajstić information content (AvgIpc) is 2.67. The zero-order valence-corrected chi connectivity index (χ0v) is 15.3. The molecule has 25 heavy (non-hydrogen) atoms. The summed E-state index contributed by atoms with van der Waals surface area (Å²) >= 11 is 0. The van der Waals surface area contributed by atoms with Gasteiger partial charge in [0.25, 0.3) is 5.56 Å². The molecule has 0 atom stereocenters. The second-order valence-electron chi connectivity index (χ2n) is 6.78. The van der Waals surface area contributed by atoms with Gasteiger partial charge in [0, 0.05) is 44.6 Å². The Kier molecular flexibility index (Phi) is 5.87. The monoisotopic (exact) mass is 340 g/mol. The second-order valence-corrected chi connectivity index (χ2v) is 6.78. The lowest BCUT2D eigenvalue weighted by Crippen LogP contribution is -2.46. The number of aryl methyl sites for hydroxylation is 1. The maximum atomic E-state index is 12.4. The molecule has 1 aliphatic heterocycles. The number of anilines is 1. The van der Waals surface area contributed by atoms with Crippen LogP contribution in [0.3, 0.4) is 0 Å². The molecular formula is C20H28N4O. The van der Waals surface area contributed by atoms with E-state index in [0.29, 0.717) is 18.4 Å². The molecule has 0 spiro atoms. The molecule has 1 aromatic carbocycles. The molecule has 0 saturated carbocycles. The first kappa shape index (κ1) is 17.7. The van der Waals surface area contributed by atoms with E-state index in [-0.39, 0.29) is 5.56 Å². The first-order chi connectivity index (χ1) is 12.2. The molecule has 3 rings (SSSR count). The highest BCUT2D eigenvalue weighted by Crippen LogP contribution is 2.18. The van der Waals surface area contributed by atoms with Crippen LogP contribution in [0, 0.1) is 0 Å². The van der Waals surface area contributed by atoms with Crippen molar-refractivity contribution in [1.82, 2.24) is 14.5 Å². The summed E-state index contributed by atoms with van der Waals surface area (Å²) in [6.45, 7) is 5.54. The van der Waals surface area contributed by atoms with Crippen LogP contribution in [0.25, 0.3) is 0 Å². The van der Waals surface area contributed by atoms with Crippen LogP contribution in [0.15, 0.2) is 47.5 Å². The number of likely N-dealkylation sites (N-methyl/N-ethyl adjacent to an activating group) is 1. The SMILES string of the molecule is CCn1ccnc(N2CCC(N(C)CCc3ccccc3)CC2)c1=O. The van der Waals surface area contributed by atoms with Gasteiger partial charge in [-0.2, -0.15) is 0 Å². The van der Waals surface area contributed by atoms with Gasteiger partial charge in [0.15, 0.2) is 5.82 Å². The number of piperidine rings is 1. The Morgan fingerprint density at radius 3 is 2.60 bits per heavy atom. The van der Waals surface area contributed by atoms with Crippen molar-refractivity contribution in [2.45, 2.75) is 38.8 Å². The van der Waals surface area contributed by atoms with Gasteiger partial charge in [0.1, 0.15) is 0 Å². The topological polar surface area (TPSA) is 41.4 Å². The lowest BCUT2D eigenvalue weighted by atomic mass is 10.0. The maximum Gasteiger partial charge on any atom is 0.293 e. The van der Waals surface area contributed by atoms with E-state index in [1.165, 1.54) is 5.56 Å². The Hall–Kier alpha value is -2.14. The number of benzene rings is 1. The molecule has 0 radical (unpaired) electrons. The minimum Gasteiger partial charge on any atom is -0.352 e. The maximum absolute atomic E-state index is 12.4. The molecule has 0 unspecified atom stereocenters. The minimum absolute atomic E-state index is 0.0286. The van der Waals surface area contributed by atoms with E-state index >= 15 is 0 Å². The van der Waals surface area contributed by atoms with Crippen LogP contribution < -0.4 is 10.5 Å². The van der Waals surface area contributed by atoms with Gasteiger partial charge >= 0.3 is 0 Å². The summed E-state index contributed by atoms with van der Waals surface area (Å²) in [4.78, 5) is 21.4. The summed E-state index contributed by atoms with van der Waals surface area (Å²) < 4.78 is 1.72. The Morgan fingerprint density at radius 2 is 1.92 bits per heavy atom. The van der Waals surface area contributed by atoms with Gasteiger partial charge in [-0.05, 0) is 38.8 Å². The van der Waals surface area contributed by atoms with Crippen LogP contribution in [0.1, 0.15) is 25.3 Å². The van der Waals surface area contributed by atoms with Crippen LogP contribution in [-0.4, -0.2) is 47.2 Å². The van der Waals surface area contributed by atoms with Crippen molar-refractivity contribution < 1.29 is 0 Å². The summed E-state index contributed by atoms with van der Waals surface area (Å²) in [5, 5.41) is 0. The lowest BCUT2D eigenvalue weighted by Gasteiger charge is -2.37. The van der Waals surface area contributed by atoms with Crippen LogP contribution in [-0.2, 0) is 13.0 Å². The van der Waals surface area contributed by atoms with Gasteiger partial charge in [-0.15, -0.1) is 0 Å². The molecule has 2 aromatic rings. The average molecular weight is 340 g/mol. The quantitative estimate of drug-likeness (QED) is 0.810. The third-order valence-electron chi connectivity index (χ3n) is 5.22. The molecule has 1 aliphatic rings. The third kappa shape index (κ3) is 4.28. The lowest BCUT2D eigenvalue weighted by molar-refractivity contribution is 0.210. The van der Waals surface area contributed by atoms with Gasteiger partial charge in [-0.3, -0.25) is 4.79 Å². The summed E-state index contributed by atoms with van der Waals surface area (Å²) in [5.74, 6) is 0.606. The van der Waals surface area contributed by atoms with Crippen molar-refractivity contribution in [2.75, 3.05) is 31.6 Å². The molecule has 1 fully saturated rings. The molecular weight excluding hydrogens is 312 g/mol. The Labute approximate surface area is 149 Å². The summed E-state index contributed by atoms with van der Waals surface area (Å²) in [6.07, 6.45) is 6.73. The standard InChI is InChI=1S/C20H28N4O/c1-3-23-16-12-21-19(20(23)25)24-14-10-18(11-15-24)22(2)13-9-17-7-5-4-6-8-17/h4-8,12,16,18H,3,9-11,13-15H2,1-2H3. The molecule has 0 amide bonds. The van der Waals surface area contributed by atoms with E-state index < -0.39 is 0 Å². The van der Waals surface area contributed by atoms with Gasteiger partial charge in [0.05, 0.1) is 0 Å². The van der Waals surface area contributed by atoms with E-state index in [9.17, 15) is 4.79 Å². The fourth-order valence-corrected chi connectivity index (χ4v) is 3.55. The molecule has 5 heteroatoms. The summed E-state index contributed by atoms with van der Waals surface area (Å²) in [6, 6.07) is 11.2. The summed E-state index contributed by atoms with van der Waals surface area (Å²) in [5.41, 5.74) is 1.42. The van der Waals surface area contributed by atoms with E-state index in [0.717, 1.165) is 38.9 Å². The van der Waals surface area contributed by atoms with Crippen molar-refractivity contribution in [1.29, 1.82) is 0 Å². The van der Waals surface area contributed by atoms with E-state index in [4.69, 9.17) is 0 Å². The van der Waals surface area contributed by atoms with E-state index in [2.05, 4.69) is 52.2 Å². The normalized spacial score (nSPS) is 15.7. The molecule has 1 saturated heterocycles. The van der Waals surface area contributed by atoms with Crippen molar-refractivity contribution in [3.63, 3.8) is 0 Å². The van der Waals surface area contributed by atoms with Gasteiger partial charge < -0.3 is 14.4 Å². The first-order valence-corrected chi connectivity index (χ1v) is 9.23. The number of hydrogen-bond donors (Lipinski definition) is 0. The number of hydrogen-bond acceptors (Lipinski definition) is 4. The Morgan fingerprint density at radius 1 is 1.20 bits per heavy atom. The number of rotatable bonds is 6. The summed E-state index contributed by atoms with van der Waals surface area (Å²) in [7, 11) is 2.22. The Balaban J connectivity index is 1.54. The molecule has 2 heterocycles. The first-order valence-electron chi connectivity index (χ1n) is 9.23. The molecule has 0 N–H and O–H groups in total. The molecule has 134 valence electrons. The fourth-order valence-electron chi connectivity index (χ4n) is 3.55. The van der Waals surface area contributed by atoms with E-state index in [1.807, 2.05) is 6.92 Å². The van der Waals surface area contributed by atoms with Crippen molar-refractivity contribution in [3.05, 3.63) is 58.6 Å². The Bertz CT molecular complexity index is 720. The number of aromatic nitrogens is 2. The predicted octanol–water partition coefficient (Wildman–Crippen LogP) is 2.41. The zero-order valence-electron chi connectivity index (χ0n) is 15.3. The third-order valence-corrected chi connectivity index (χ3v) is 5.22. The predicted molar refractivity (Wildman–Crippen MR) is 102 cm³/mol. The van der Waals surface area contributed by atoms with Gasteiger partial charge in [-0.25, -0.2) is 4.98 Å². The van der Waals surface area contributed by atoms with Crippen LogP contribution in [0.5, 0.6) is 0 Å². The van der Waals surface area contributed by atoms with Gasteiger partial charge in [-0.1, -0.05) is 30.3 Å². The van der Waals surface area contributed by atoms with Crippen LogP contribution in [0.2, 0.25) is 0 Å². The molecule has 0 aliphatic carbocycles. The fraction of sp³-hybridized carbons (Fsp3) is 0.500. The van der Waals surface area contributed by atoms with Gasteiger partial charge in [0.2, 0.25) is 0 Å². The van der Waals surface area contributed by atoms with Crippen molar-refractivity contribution >= 4 is 5.82 Å². The molecule has 0 bridgehead atoms. The smallest absolute Gasteiger partial charge is 0.293 e. The molecule has 5 nitrogen and oxygen atoms in total. The van der Waals surface area contributed by atoms with Crippen molar-refractivity contribution in [2.24, 2.45) is 0 Å². The van der Waals surface area contributed by atoms with Crippen molar-refractivity contribution in [3.8, 4) is 0 Å². The highest BCUT2D eigenvalue weighted by atomic mass is 16.1. The van der Waals surface area contributed by atoms with E-state index in [1.54, 1.807) is 17.0 Å².